The molecule has 1 saturated heterocycles. The summed E-state index contributed by atoms with van der Waals surface area (Å²) < 4.78 is 26.8. The minimum Gasteiger partial charge on any atom is -0.478 e. The van der Waals surface area contributed by atoms with Gasteiger partial charge < -0.3 is 10.4 Å². The standard InChI is InChI=1S/C18H24N2O5S/c1-18(9-2-10-18)19-16(21)13-7-11-20(12-8-13)26(24,25)15-5-3-14(4-6-15)17(22)23/h3-6,13H,2,7-12H2,1H3,(H,19,21)(H,22,23). The molecule has 1 aliphatic heterocycles. The second kappa shape index (κ2) is 7.00. The molecule has 1 heterocycles. The first kappa shape index (κ1) is 18.8. The first-order valence-electron chi connectivity index (χ1n) is 8.87. The predicted octanol–water partition coefficient (Wildman–Crippen LogP) is 1.84. The van der Waals surface area contributed by atoms with E-state index in [0.29, 0.717) is 12.8 Å². The summed E-state index contributed by atoms with van der Waals surface area (Å²) in [7, 11) is -3.67. The molecule has 8 heteroatoms. The molecule has 2 N–H and O–H groups in total. The lowest BCUT2D eigenvalue weighted by Gasteiger charge is -2.41. The van der Waals surface area contributed by atoms with Gasteiger partial charge in [-0.15, -0.1) is 0 Å². The van der Waals surface area contributed by atoms with Crippen molar-refractivity contribution in [2.75, 3.05) is 13.1 Å². The van der Waals surface area contributed by atoms with Crippen molar-refractivity contribution in [1.29, 1.82) is 0 Å². The number of aromatic carboxylic acids is 1. The lowest BCUT2D eigenvalue weighted by atomic mass is 9.78. The molecule has 1 aliphatic carbocycles. The fourth-order valence-corrected chi connectivity index (χ4v) is 4.98. The van der Waals surface area contributed by atoms with Crippen molar-refractivity contribution >= 4 is 21.9 Å². The zero-order chi connectivity index (χ0) is 18.9. The molecule has 7 nitrogen and oxygen atoms in total. The van der Waals surface area contributed by atoms with E-state index in [1.54, 1.807) is 0 Å². The van der Waals surface area contributed by atoms with Crippen molar-refractivity contribution in [3.8, 4) is 0 Å². The summed E-state index contributed by atoms with van der Waals surface area (Å²) in [6.07, 6.45) is 4.12. The molecule has 2 aliphatic rings. The molecule has 0 radical (unpaired) electrons. The van der Waals surface area contributed by atoms with Crippen molar-refractivity contribution in [2.24, 2.45) is 5.92 Å². The first-order valence-corrected chi connectivity index (χ1v) is 10.3. The van der Waals surface area contributed by atoms with E-state index in [1.807, 2.05) is 0 Å². The SMILES string of the molecule is CC1(NC(=O)C2CCN(S(=O)(=O)c3ccc(C(=O)O)cc3)CC2)CCC1. The quantitative estimate of drug-likeness (QED) is 0.811. The molecule has 0 unspecified atom stereocenters. The molecule has 3 rings (SSSR count). The first-order chi connectivity index (χ1) is 12.2. The van der Waals surface area contributed by atoms with E-state index in [4.69, 9.17) is 5.11 Å². The maximum Gasteiger partial charge on any atom is 0.335 e. The molecule has 142 valence electrons. The van der Waals surface area contributed by atoms with Crippen molar-refractivity contribution in [2.45, 2.75) is 49.5 Å². The Kier molecular flexibility index (Phi) is 5.07. The largest absolute Gasteiger partial charge is 0.478 e. The van der Waals surface area contributed by atoms with Crippen molar-refractivity contribution in [1.82, 2.24) is 9.62 Å². The van der Waals surface area contributed by atoms with Crippen LogP contribution in [0.25, 0.3) is 0 Å². The van der Waals surface area contributed by atoms with Gasteiger partial charge in [-0.1, -0.05) is 0 Å². The number of benzene rings is 1. The molecule has 1 amide bonds. The Hall–Kier alpha value is -1.93. The van der Waals surface area contributed by atoms with Gasteiger partial charge in [0.2, 0.25) is 15.9 Å². The summed E-state index contributed by atoms with van der Waals surface area (Å²) >= 11 is 0. The minimum atomic E-state index is -3.67. The number of piperidine rings is 1. The molecule has 2 fully saturated rings. The van der Waals surface area contributed by atoms with Gasteiger partial charge in [-0.25, -0.2) is 13.2 Å². The Balaban J connectivity index is 1.61. The van der Waals surface area contributed by atoms with E-state index in [-0.39, 0.29) is 40.9 Å². The monoisotopic (exact) mass is 380 g/mol. The van der Waals surface area contributed by atoms with E-state index >= 15 is 0 Å². The van der Waals surface area contributed by atoms with E-state index in [9.17, 15) is 18.0 Å². The van der Waals surface area contributed by atoms with Gasteiger partial charge in [0.25, 0.3) is 0 Å². The Bertz CT molecular complexity index is 791. The van der Waals surface area contributed by atoms with Crippen LogP contribution in [0.2, 0.25) is 0 Å². The van der Waals surface area contributed by atoms with Gasteiger partial charge in [0.15, 0.2) is 0 Å². The minimum absolute atomic E-state index is 0.0232. The average Bonchev–Trinajstić information content (AvgIpc) is 2.60. The van der Waals surface area contributed by atoms with Gasteiger partial charge in [0.1, 0.15) is 0 Å². The summed E-state index contributed by atoms with van der Waals surface area (Å²) in [5, 5.41) is 12.0. The van der Waals surface area contributed by atoms with Crippen LogP contribution in [0.15, 0.2) is 29.2 Å². The smallest absolute Gasteiger partial charge is 0.335 e. The Morgan fingerprint density at radius 1 is 1.15 bits per heavy atom. The number of carbonyl (C=O) groups is 2. The molecule has 0 spiro atoms. The molecule has 1 aromatic carbocycles. The number of hydrogen-bond donors (Lipinski definition) is 2. The third kappa shape index (κ3) is 3.76. The lowest BCUT2D eigenvalue weighted by molar-refractivity contribution is -0.128. The Morgan fingerprint density at radius 3 is 2.19 bits per heavy atom. The van der Waals surface area contributed by atoms with Crippen LogP contribution in [0.3, 0.4) is 0 Å². The van der Waals surface area contributed by atoms with Crippen molar-refractivity contribution in [3.63, 3.8) is 0 Å². The molecular formula is C18H24N2O5S. The zero-order valence-corrected chi connectivity index (χ0v) is 15.6. The Morgan fingerprint density at radius 2 is 1.73 bits per heavy atom. The average molecular weight is 380 g/mol. The normalized spacial score (nSPS) is 21.0. The third-order valence-electron chi connectivity index (χ3n) is 5.45. The van der Waals surface area contributed by atoms with E-state index in [1.165, 1.54) is 28.6 Å². The fourth-order valence-electron chi connectivity index (χ4n) is 3.51. The number of rotatable bonds is 5. The number of carboxylic acids is 1. The second-order valence-electron chi connectivity index (χ2n) is 7.41. The van der Waals surface area contributed by atoms with Gasteiger partial charge >= 0.3 is 5.97 Å². The highest BCUT2D eigenvalue weighted by molar-refractivity contribution is 7.89. The van der Waals surface area contributed by atoms with Gasteiger partial charge in [0, 0.05) is 24.5 Å². The summed E-state index contributed by atoms with van der Waals surface area (Å²) in [4.78, 5) is 23.4. The van der Waals surface area contributed by atoms with Crippen LogP contribution in [0.5, 0.6) is 0 Å². The van der Waals surface area contributed by atoms with Crippen LogP contribution in [-0.2, 0) is 14.8 Å². The molecule has 1 saturated carbocycles. The second-order valence-corrected chi connectivity index (χ2v) is 9.35. The van der Waals surface area contributed by atoms with Crippen LogP contribution >= 0.6 is 0 Å². The maximum atomic E-state index is 12.7. The van der Waals surface area contributed by atoms with Crippen molar-refractivity contribution < 1.29 is 23.1 Å². The van der Waals surface area contributed by atoms with Gasteiger partial charge in [-0.3, -0.25) is 4.79 Å². The molecule has 0 bridgehead atoms. The lowest BCUT2D eigenvalue weighted by Crippen LogP contribution is -2.54. The Labute approximate surface area is 153 Å². The van der Waals surface area contributed by atoms with E-state index in [0.717, 1.165) is 19.3 Å². The topological polar surface area (TPSA) is 104 Å². The highest BCUT2D eigenvalue weighted by Gasteiger charge is 2.37. The summed E-state index contributed by atoms with van der Waals surface area (Å²) in [6.45, 7) is 2.63. The van der Waals surface area contributed by atoms with E-state index in [2.05, 4.69) is 12.2 Å². The maximum absolute atomic E-state index is 12.7. The van der Waals surface area contributed by atoms with Crippen LogP contribution in [0.1, 0.15) is 49.4 Å². The van der Waals surface area contributed by atoms with Crippen molar-refractivity contribution in [3.05, 3.63) is 29.8 Å². The number of hydrogen-bond acceptors (Lipinski definition) is 4. The van der Waals surface area contributed by atoms with Gasteiger partial charge in [-0.05, 0) is 63.3 Å². The van der Waals surface area contributed by atoms with Gasteiger partial charge in [-0.2, -0.15) is 4.31 Å². The summed E-state index contributed by atoms with van der Waals surface area (Å²) in [5.74, 6) is -1.23. The molecule has 0 aromatic heterocycles. The highest BCUT2D eigenvalue weighted by Crippen LogP contribution is 2.32. The summed E-state index contributed by atoms with van der Waals surface area (Å²) in [6, 6.07) is 5.20. The third-order valence-corrected chi connectivity index (χ3v) is 7.36. The molecule has 26 heavy (non-hydrogen) atoms. The van der Waals surface area contributed by atoms with Crippen LogP contribution < -0.4 is 5.32 Å². The number of sulfonamides is 1. The van der Waals surface area contributed by atoms with Crippen LogP contribution in [0, 0.1) is 5.92 Å². The van der Waals surface area contributed by atoms with Crippen LogP contribution in [-0.4, -0.2) is 48.3 Å². The number of carbonyl (C=O) groups excluding carboxylic acids is 1. The number of amides is 1. The number of nitrogens with one attached hydrogen (secondary N) is 1. The number of carboxylic acid groups (broad SMARTS) is 1. The predicted molar refractivity (Wildman–Crippen MR) is 95.3 cm³/mol. The molecular weight excluding hydrogens is 356 g/mol. The van der Waals surface area contributed by atoms with Gasteiger partial charge in [0.05, 0.1) is 10.5 Å². The fraction of sp³-hybridized carbons (Fsp3) is 0.556. The number of nitrogens with zero attached hydrogens (tertiary/aromatic N) is 1. The zero-order valence-electron chi connectivity index (χ0n) is 14.8. The highest BCUT2D eigenvalue weighted by atomic mass is 32.2. The van der Waals surface area contributed by atoms with E-state index < -0.39 is 16.0 Å². The summed E-state index contributed by atoms with van der Waals surface area (Å²) in [5.41, 5.74) is -0.0459. The molecule has 0 atom stereocenters. The molecule has 1 aromatic rings. The van der Waals surface area contributed by atoms with Crippen LogP contribution in [0.4, 0.5) is 0 Å².